The number of aliphatic imine (C=N–C) groups is 1. The molecule has 0 saturated carbocycles. The summed E-state index contributed by atoms with van der Waals surface area (Å²) in [5, 5.41) is 0. The van der Waals surface area contributed by atoms with Gasteiger partial charge in [-0.1, -0.05) is 0 Å². The molecule has 2 N–H and O–H groups in total. The highest BCUT2D eigenvalue weighted by Crippen LogP contribution is 2.22. The van der Waals surface area contributed by atoms with Gasteiger partial charge in [-0.25, -0.2) is 0 Å². The molecular weight excluding hydrogens is 206 g/mol. The molecule has 0 radical (unpaired) electrons. The summed E-state index contributed by atoms with van der Waals surface area (Å²) in [7, 11) is 0. The highest BCUT2D eigenvalue weighted by Gasteiger charge is 2.30. The molecule has 0 atom stereocenters. The van der Waals surface area contributed by atoms with Gasteiger partial charge >= 0.3 is 0 Å². The molecule has 0 unspecified atom stereocenters. The molecule has 1 aliphatic heterocycles. The molecule has 1 rings (SSSR count). The average molecular weight is 229 g/mol. The van der Waals surface area contributed by atoms with E-state index in [1.165, 1.54) is 0 Å². The summed E-state index contributed by atoms with van der Waals surface area (Å²) in [5.74, 6) is 0.138. The second-order valence-electron chi connectivity index (χ2n) is 3.99. The van der Waals surface area contributed by atoms with E-state index in [1.807, 2.05) is 11.8 Å². The highest BCUT2D eigenvalue weighted by atomic mass is 16.7. The second-order valence-corrected chi connectivity index (χ2v) is 3.99. The molecule has 0 amide bonds. The van der Waals surface area contributed by atoms with Crippen molar-refractivity contribution in [3.63, 3.8) is 0 Å². The minimum absolute atomic E-state index is 0.465. The molecular formula is C11H23N3O2. The summed E-state index contributed by atoms with van der Waals surface area (Å²) in [5.41, 5.74) is 5.86. The number of nitrogens with two attached hydrogens (primary N) is 1. The molecule has 0 spiro atoms. The lowest BCUT2D eigenvalue weighted by Crippen LogP contribution is -2.37. The summed E-state index contributed by atoms with van der Waals surface area (Å²) in [6.07, 6.45) is 0.745. The van der Waals surface area contributed by atoms with Gasteiger partial charge in [-0.3, -0.25) is 4.99 Å². The fraction of sp³-hybridized carbons (Fsp3) is 0.909. The second kappa shape index (κ2) is 6.06. The zero-order chi connectivity index (χ0) is 12.0. The van der Waals surface area contributed by atoms with Gasteiger partial charge in [0.05, 0.1) is 13.2 Å². The quantitative estimate of drug-likeness (QED) is 0.559. The van der Waals surface area contributed by atoms with Gasteiger partial charge in [0, 0.05) is 26.1 Å². The van der Waals surface area contributed by atoms with Crippen molar-refractivity contribution in [2.45, 2.75) is 33.0 Å². The van der Waals surface area contributed by atoms with Crippen LogP contribution in [0.1, 0.15) is 27.2 Å². The van der Waals surface area contributed by atoms with E-state index in [2.05, 4.69) is 18.8 Å². The Kier molecular flexibility index (Phi) is 5.02. The van der Waals surface area contributed by atoms with E-state index in [0.29, 0.717) is 25.7 Å². The monoisotopic (exact) mass is 229 g/mol. The first-order chi connectivity index (χ1) is 7.61. The van der Waals surface area contributed by atoms with Gasteiger partial charge in [0.1, 0.15) is 0 Å². The Morgan fingerprint density at radius 2 is 1.88 bits per heavy atom. The molecule has 0 bridgehead atoms. The Bertz CT molecular complexity index is 233. The van der Waals surface area contributed by atoms with Crippen molar-refractivity contribution in [2.75, 3.05) is 32.8 Å². The van der Waals surface area contributed by atoms with Crippen LogP contribution in [-0.4, -0.2) is 49.5 Å². The van der Waals surface area contributed by atoms with E-state index < -0.39 is 5.79 Å². The standard InChI is InChI=1S/C11H23N3O2/c1-4-14(5-2)10(12)13-7-6-11(3)15-8-9-16-11/h4-9H2,1-3H3,(H2,12,13). The molecule has 0 aromatic carbocycles. The molecule has 1 fully saturated rings. The third kappa shape index (κ3) is 3.64. The number of ether oxygens (including phenoxy) is 2. The molecule has 0 aromatic rings. The summed E-state index contributed by atoms with van der Waals surface area (Å²) < 4.78 is 11.0. The van der Waals surface area contributed by atoms with E-state index in [9.17, 15) is 0 Å². The number of guanidine groups is 1. The Morgan fingerprint density at radius 1 is 1.31 bits per heavy atom. The van der Waals surface area contributed by atoms with Crippen molar-refractivity contribution in [2.24, 2.45) is 10.7 Å². The van der Waals surface area contributed by atoms with Crippen LogP contribution in [0.2, 0.25) is 0 Å². The first-order valence-corrected chi connectivity index (χ1v) is 5.94. The third-order valence-corrected chi connectivity index (χ3v) is 2.83. The molecule has 94 valence electrons. The maximum absolute atomic E-state index is 5.86. The van der Waals surface area contributed by atoms with Crippen LogP contribution in [0.5, 0.6) is 0 Å². The van der Waals surface area contributed by atoms with Crippen LogP contribution in [-0.2, 0) is 9.47 Å². The van der Waals surface area contributed by atoms with E-state index in [4.69, 9.17) is 15.2 Å². The lowest BCUT2D eigenvalue weighted by molar-refractivity contribution is -0.144. The largest absolute Gasteiger partial charge is 0.370 e. The number of rotatable bonds is 5. The normalized spacial score (nSPS) is 20.1. The average Bonchev–Trinajstić information content (AvgIpc) is 2.67. The topological polar surface area (TPSA) is 60.1 Å². The van der Waals surface area contributed by atoms with Gasteiger partial charge in [0.2, 0.25) is 0 Å². The Morgan fingerprint density at radius 3 is 2.38 bits per heavy atom. The van der Waals surface area contributed by atoms with Gasteiger partial charge in [-0.05, 0) is 20.8 Å². The van der Waals surface area contributed by atoms with Crippen molar-refractivity contribution >= 4 is 5.96 Å². The molecule has 16 heavy (non-hydrogen) atoms. The van der Waals surface area contributed by atoms with E-state index >= 15 is 0 Å². The molecule has 1 heterocycles. The summed E-state index contributed by atoms with van der Waals surface area (Å²) >= 11 is 0. The fourth-order valence-electron chi connectivity index (χ4n) is 1.72. The van der Waals surface area contributed by atoms with E-state index in [-0.39, 0.29) is 0 Å². The highest BCUT2D eigenvalue weighted by molar-refractivity contribution is 5.77. The van der Waals surface area contributed by atoms with Crippen molar-refractivity contribution in [1.82, 2.24) is 4.90 Å². The number of nitrogens with zero attached hydrogens (tertiary/aromatic N) is 2. The molecule has 0 aliphatic carbocycles. The van der Waals surface area contributed by atoms with Crippen LogP contribution in [0.3, 0.4) is 0 Å². The smallest absolute Gasteiger partial charge is 0.191 e. The third-order valence-electron chi connectivity index (χ3n) is 2.83. The Hall–Kier alpha value is -0.810. The predicted molar refractivity (Wildman–Crippen MR) is 64.3 cm³/mol. The van der Waals surface area contributed by atoms with Crippen molar-refractivity contribution in [3.8, 4) is 0 Å². The first kappa shape index (κ1) is 13.3. The molecule has 1 saturated heterocycles. The van der Waals surface area contributed by atoms with Crippen LogP contribution in [0, 0.1) is 0 Å². The zero-order valence-corrected chi connectivity index (χ0v) is 10.5. The van der Waals surface area contributed by atoms with Crippen molar-refractivity contribution < 1.29 is 9.47 Å². The van der Waals surface area contributed by atoms with Crippen molar-refractivity contribution in [1.29, 1.82) is 0 Å². The lowest BCUT2D eigenvalue weighted by atomic mass is 10.2. The van der Waals surface area contributed by atoms with Gasteiger partial charge in [-0.2, -0.15) is 0 Å². The Balaban J connectivity index is 2.35. The van der Waals surface area contributed by atoms with E-state index in [0.717, 1.165) is 19.5 Å². The van der Waals surface area contributed by atoms with Crippen LogP contribution in [0.15, 0.2) is 4.99 Å². The molecule has 1 aliphatic rings. The van der Waals surface area contributed by atoms with E-state index in [1.54, 1.807) is 0 Å². The molecule has 0 aromatic heterocycles. The van der Waals surface area contributed by atoms with Crippen molar-refractivity contribution in [3.05, 3.63) is 0 Å². The number of hydrogen-bond donors (Lipinski definition) is 1. The number of hydrogen-bond acceptors (Lipinski definition) is 3. The lowest BCUT2D eigenvalue weighted by Gasteiger charge is -2.22. The SMILES string of the molecule is CCN(CC)C(N)=NCCC1(C)OCCO1. The molecule has 5 nitrogen and oxygen atoms in total. The van der Waals surface area contributed by atoms with Crippen LogP contribution in [0.4, 0.5) is 0 Å². The van der Waals surface area contributed by atoms with Crippen LogP contribution in [0.25, 0.3) is 0 Å². The van der Waals surface area contributed by atoms with Crippen LogP contribution < -0.4 is 5.73 Å². The maximum atomic E-state index is 5.86. The maximum Gasteiger partial charge on any atom is 0.191 e. The minimum atomic E-state index is -0.465. The summed E-state index contributed by atoms with van der Waals surface area (Å²) in [6, 6.07) is 0. The summed E-state index contributed by atoms with van der Waals surface area (Å²) in [4.78, 5) is 6.36. The van der Waals surface area contributed by atoms with Gasteiger partial charge < -0.3 is 20.1 Å². The minimum Gasteiger partial charge on any atom is -0.370 e. The zero-order valence-electron chi connectivity index (χ0n) is 10.5. The summed E-state index contributed by atoms with van der Waals surface area (Å²) in [6.45, 7) is 9.83. The predicted octanol–water partition coefficient (Wildman–Crippen LogP) is 0.796. The molecule has 5 heteroatoms. The van der Waals surface area contributed by atoms with Gasteiger partial charge in [0.25, 0.3) is 0 Å². The first-order valence-electron chi connectivity index (χ1n) is 5.94. The van der Waals surface area contributed by atoms with Gasteiger partial charge in [0.15, 0.2) is 11.7 Å². The van der Waals surface area contributed by atoms with Crippen LogP contribution >= 0.6 is 0 Å². The fourth-order valence-corrected chi connectivity index (χ4v) is 1.72. The van der Waals surface area contributed by atoms with Gasteiger partial charge in [-0.15, -0.1) is 0 Å². The Labute approximate surface area is 97.6 Å².